The summed E-state index contributed by atoms with van der Waals surface area (Å²) in [5.74, 6) is -1.03. The summed E-state index contributed by atoms with van der Waals surface area (Å²) in [7, 11) is 0. The number of esters is 1. The molecular formula is C27H25N3O7. The van der Waals surface area contributed by atoms with Crippen LogP contribution >= 0.6 is 0 Å². The minimum atomic E-state index is -1.03. The highest BCUT2D eigenvalue weighted by atomic mass is 16.5. The molecule has 3 N–H and O–H groups in total. The Labute approximate surface area is 212 Å². The van der Waals surface area contributed by atoms with Gasteiger partial charge in [-0.05, 0) is 73.0 Å². The summed E-state index contributed by atoms with van der Waals surface area (Å²) in [6.45, 7) is 5.61. The molecule has 37 heavy (non-hydrogen) atoms. The highest BCUT2D eigenvalue weighted by molar-refractivity contribution is 5.88. The van der Waals surface area contributed by atoms with Gasteiger partial charge in [-0.1, -0.05) is 13.8 Å². The van der Waals surface area contributed by atoms with E-state index in [1.165, 1.54) is 22.8 Å². The number of hydrogen-bond donors (Lipinski definition) is 3. The van der Waals surface area contributed by atoms with Crippen molar-refractivity contribution in [1.29, 1.82) is 0 Å². The molecule has 4 aromatic rings. The van der Waals surface area contributed by atoms with Crippen LogP contribution < -0.4 is 4.74 Å². The van der Waals surface area contributed by atoms with Crippen molar-refractivity contribution in [2.24, 2.45) is 0 Å². The van der Waals surface area contributed by atoms with Gasteiger partial charge in [0, 0.05) is 11.8 Å². The van der Waals surface area contributed by atoms with E-state index in [1.807, 2.05) is 13.8 Å². The lowest BCUT2D eigenvalue weighted by Gasteiger charge is -2.15. The van der Waals surface area contributed by atoms with Crippen molar-refractivity contribution >= 4 is 11.9 Å². The molecule has 0 unspecified atom stereocenters. The molecule has 0 saturated heterocycles. The largest absolute Gasteiger partial charge is 0.508 e. The lowest BCUT2D eigenvalue weighted by atomic mass is 9.98. The molecule has 0 amide bonds. The summed E-state index contributed by atoms with van der Waals surface area (Å²) in [5, 5.41) is 38.1. The standard InChI is InChI=1S/C27H25N3O7/c1-4-36-27(35)25-29-28-24(21-13-20(15(2)3)22(31)14-23(21)32)30(25)17-7-11-19(12-8-17)37-18-9-5-16(6-10-18)26(33)34/h5-15,31-32H,4H2,1-3H3,(H,33,34). The average Bonchev–Trinajstić information content (AvgIpc) is 3.30. The number of hydrogen-bond acceptors (Lipinski definition) is 8. The number of benzene rings is 3. The number of ether oxygens (including phenoxy) is 2. The molecule has 0 radical (unpaired) electrons. The Morgan fingerprint density at radius 1 is 0.919 bits per heavy atom. The quantitative estimate of drug-likeness (QED) is 0.278. The molecule has 10 heteroatoms. The molecule has 3 aromatic carbocycles. The maximum Gasteiger partial charge on any atom is 0.376 e. The van der Waals surface area contributed by atoms with E-state index < -0.39 is 11.9 Å². The van der Waals surface area contributed by atoms with E-state index in [2.05, 4.69) is 10.2 Å². The first-order chi connectivity index (χ1) is 17.7. The van der Waals surface area contributed by atoms with Crippen LogP contribution in [0.2, 0.25) is 0 Å². The van der Waals surface area contributed by atoms with E-state index in [1.54, 1.807) is 49.4 Å². The van der Waals surface area contributed by atoms with Gasteiger partial charge in [0.1, 0.15) is 23.0 Å². The Kier molecular flexibility index (Phi) is 7.10. The van der Waals surface area contributed by atoms with Crippen LogP contribution in [0.3, 0.4) is 0 Å². The van der Waals surface area contributed by atoms with Crippen LogP contribution in [0.4, 0.5) is 0 Å². The van der Waals surface area contributed by atoms with Crippen molar-refractivity contribution in [1.82, 2.24) is 14.8 Å². The van der Waals surface area contributed by atoms with Crippen molar-refractivity contribution in [3.05, 3.63) is 77.6 Å². The number of aromatic carboxylic acids is 1. The topological polar surface area (TPSA) is 144 Å². The van der Waals surface area contributed by atoms with Crippen LogP contribution in [0, 0.1) is 0 Å². The zero-order valence-electron chi connectivity index (χ0n) is 20.4. The predicted molar refractivity (Wildman–Crippen MR) is 134 cm³/mol. The first kappa shape index (κ1) is 25.2. The summed E-state index contributed by atoms with van der Waals surface area (Å²) in [5.41, 5.74) is 1.52. The van der Waals surface area contributed by atoms with E-state index in [0.29, 0.717) is 22.7 Å². The number of aromatic nitrogens is 3. The molecule has 0 bridgehead atoms. The van der Waals surface area contributed by atoms with Gasteiger partial charge in [0.25, 0.3) is 0 Å². The molecule has 0 aliphatic carbocycles. The van der Waals surface area contributed by atoms with Gasteiger partial charge < -0.3 is 24.8 Å². The molecule has 10 nitrogen and oxygen atoms in total. The van der Waals surface area contributed by atoms with Crippen molar-refractivity contribution in [3.8, 4) is 40.1 Å². The summed E-state index contributed by atoms with van der Waals surface area (Å²) in [4.78, 5) is 23.7. The zero-order valence-corrected chi connectivity index (χ0v) is 20.4. The van der Waals surface area contributed by atoms with Gasteiger partial charge in [-0.2, -0.15) is 0 Å². The van der Waals surface area contributed by atoms with Crippen molar-refractivity contribution < 1.29 is 34.4 Å². The second-order valence-electron chi connectivity index (χ2n) is 8.41. The van der Waals surface area contributed by atoms with E-state index in [4.69, 9.17) is 14.6 Å². The Morgan fingerprint density at radius 2 is 1.54 bits per heavy atom. The molecule has 0 fully saturated rings. The van der Waals surface area contributed by atoms with Crippen LogP contribution in [0.1, 0.15) is 53.2 Å². The Morgan fingerprint density at radius 3 is 2.11 bits per heavy atom. The number of aromatic hydroxyl groups is 2. The van der Waals surface area contributed by atoms with Crippen LogP contribution in [-0.4, -0.2) is 48.6 Å². The van der Waals surface area contributed by atoms with Crippen LogP contribution in [0.5, 0.6) is 23.0 Å². The summed E-state index contributed by atoms with van der Waals surface area (Å²) in [6, 6.07) is 15.5. The number of rotatable bonds is 8. The first-order valence-corrected chi connectivity index (χ1v) is 11.5. The molecule has 1 aromatic heterocycles. The Hall–Kier alpha value is -4.86. The minimum Gasteiger partial charge on any atom is -0.508 e. The van der Waals surface area contributed by atoms with Crippen molar-refractivity contribution in [2.75, 3.05) is 6.61 Å². The fourth-order valence-corrected chi connectivity index (χ4v) is 3.73. The third-order valence-corrected chi connectivity index (χ3v) is 5.56. The van der Waals surface area contributed by atoms with Crippen molar-refractivity contribution in [3.63, 3.8) is 0 Å². The molecule has 1 heterocycles. The maximum atomic E-state index is 12.7. The lowest BCUT2D eigenvalue weighted by molar-refractivity contribution is 0.0508. The van der Waals surface area contributed by atoms with E-state index in [-0.39, 0.29) is 46.8 Å². The number of phenolic OH excluding ortho intramolecular Hbond substituents is 2. The third-order valence-electron chi connectivity index (χ3n) is 5.56. The fourth-order valence-electron chi connectivity index (χ4n) is 3.73. The highest BCUT2D eigenvalue weighted by Crippen LogP contribution is 2.38. The number of carboxylic acids is 1. The Balaban J connectivity index is 1.75. The Bertz CT molecular complexity index is 1440. The predicted octanol–water partition coefficient (Wildman–Crippen LogP) is 5.14. The second kappa shape index (κ2) is 10.4. The summed E-state index contributed by atoms with van der Waals surface area (Å²) in [6.07, 6.45) is 0. The molecular weight excluding hydrogens is 478 g/mol. The van der Waals surface area contributed by atoms with Gasteiger partial charge in [-0.15, -0.1) is 10.2 Å². The average molecular weight is 504 g/mol. The molecule has 0 aliphatic heterocycles. The van der Waals surface area contributed by atoms with Gasteiger partial charge in [0.05, 0.1) is 17.7 Å². The SMILES string of the molecule is CCOC(=O)c1nnc(-c2cc(C(C)C)c(O)cc2O)n1-c1ccc(Oc2ccc(C(=O)O)cc2)cc1. The van der Waals surface area contributed by atoms with E-state index in [0.717, 1.165) is 0 Å². The highest BCUT2D eigenvalue weighted by Gasteiger charge is 2.25. The number of carboxylic acid groups (broad SMARTS) is 1. The molecule has 0 atom stereocenters. The molecule has 0 saturated carbocycles. The van der Waals surface area contributed by atoms with Crippen LogP contribution in [0.15, 0.2) is 60.7 Å². The van der Waals surface area contributed by atoms with Crippen molar-refractivity contribution in [2.45, 2.75) is 26.7 Å². The molecule has 0 aliphatic rings. The first-order valence-electron chi connectivity index (χ1n) is 11.5. The van der Waals surface area contributed by atoms with Gasteiger partial charge in [0.15, 0.2) is 5.82 Å². The molecule has 4 rings (SSSR count). The maximum absolute atomic E-state index is 12.7. The summed E-state index contributed by atoms with van der Waals surface area (Å²) < 4.78 is 12.4. The van der Waals surface area contributed by atoms with Crippen LogP contribution in [0.25, 0.3) is 17.1 Å². The van der Waals surface area contributed by atoms with Gasteiger partial charge >= 0.3 is 11.9 Å². The molecule has 0 spiro atoms. The second-order valence-corrected chi connectivity index (χ2v) is 8.41. The van der Waals surface area contributed by atoms with E-state index in [9.17, 15) is 19.8 Å². The number of phenols is 2. The van der Waals surface area contributed by atoms with Crippen LogP contribution in [-0.2, 0) is 4.74 Å². The third kappa shape index (κ3) is 5.22. The van der Waals surface area contributed by atoms with E-state index >= 15 is 0 Å². The van der Waals surface area contributed by atoms with Gasteiger partial charge in [-0.3, -0.25) is 4.57 Å². The smallest absolute Gasteiger partial charge is 0.376 e. The van der Waals surface area contributed by atoms with Gasteiger partial charge in [-0.25, -0.2) is 9.59 Å². The summed E-state index contributed by atoms with van der Waals surface area (Å²) >= 11 is 0. The van der Waals surface area contributed by atoms with Gasteiger partial charge in [0.2, 0.25) is 5.82 Å². The molecule has 190 valence electrons. The fraction of sp³-hybridized carbons (Fsp3) is 0.185. The monoisotopic (exact) mass is 503 g/mol. The normalized spacial score (nSPS) is 10.9. The number of nitrogens with zero attached hydrogens (tertiary/aromatic N) is 3. The minimum absolute atomic E-state index is 0.0405. The zero-order chi connectivity index (χ0) is 26.7. The number of carbonyl (C=O) groups is 2. The lowest BCUT2D eigenvalue weighted by Crippen LogP contribution is -2.13. The number of carbonyl (C=O) groups excluding carboxylic acids is 1.